The van der Waals surface area contributed by atoms with Crippen LogP contribution < -0.4 is 5.32 Å². The molecule has 1 aliphatic heterocycles. The number of hydrogen-bond acceptors (Lipinski definition) is 6. The SMILES string of the molecule is C[C@@H](OC(=O)CN1C(=O)[C@H]2CC=CC[C@H]2C1=O)C(=O)Nc1ccc(C#N)c(Cl)c1. The van der Waals surface area contributed by atoms with Gasteiger partial charge in [-0.1, -0.05) is 23.8 Å². The predicted octanol–water partition coefficient (Wildman–Crippen LogP) is 2.03. The fraction of sp³-hybridized carbons (Fsp3) is 0.350. The van der Waals surface area contributed by atoms with Crippen molar-refractivity contribution in [1.29, 1.82) is 5.26 Å². The van der Waals surface area contributed by atoms with Crippen LogP contribution in [-0.2, 0) is 23.9 Å². The molecule has 0 radical (unpaired) electrons. The molecule has 1 aliphatic carbocycles. The van der Waals surface area contributed by atoms with E-state index in [0.717, 1.165) is 4.90 Å². The van der Waals surface area contributed by atoms with Crippen molar-refractivity contribution in [3.05, 3.63) is 40.9 Å². The number of ether oxygens (including phenoxy) is 1. The topological polar surface area (TPSA) is 117 Å². The van der Waals surface area contributed by atoms with Crippen LogP contribution in [0.3, 0.4) is 0 Å². The highest BCUT2D eigenvalue weighted by molar-refractivity contribution is 6.32. The van der Waals surface area contributed by atoms with E-state index in [1.54, 1.807) is 0 Å². The van der Waals surface area contributed by atoms with Gasteiger partial charge in [-0.2, -0.15) is 5.26 Å². The van der Waals surface area contributed by atoms with Crippen molar-refractivity contribution in [3.8, 4) is 6.07 Å². The summed E-state index contributed by atoms with van der Waals surface area (Å²) in [6.45, 7) is 0.848. The maximum atomic E-state index is 12.4. The van der Waals surface area contributed by atoms with Gasteiger partial charge in [0.15, 0.2) is 6.10 Å². The Morgan fingerprint density at radius 1 is 1.28 bits per heavy atom. The number of carbonyl (C=O) groups excluding carboxylic acids is 4. The average Bonchev–Trinajstić information content (AvgIpc) is 2.93. The minimum Gasteiger partial charge on any atom is -0.451 e. The maximum Gasteiger partial charge on any atom is 0.326 e. The molecule has 150 valence electrons. The Bertz CT molecular complexity index is 926. The number of carbonyl (C=O) groups is 4. The molecule has 3 amide bonds. The molecular formula is C20H18ClN3O5. The molecule has 1 N–H and O–H groups in total. The van der Waals surface area contributed by atoms with E-state index in [0.29, 0.717) is 18.5 Å². The molecule has 29 heavy (non-hydrogen) atoms. The van der Waals surface area contributed by atoms with Crippen LogP contribution in [-0.4, -0.2) is 41.2 Å². The molecule has 0 unspecified atom stereocenters. The Morgan fingerprint density at radius 2 is 1.90 bits per heavy atom. The fourth-order valence-electron chi connectivity index (χ4n) is 3.37. The summed E-state index contributed by atoms with van der Waals surface area (Å²) in [5.74, 6) is -3.09. The third kappa shape index (κ3) is 4.30. The Hall–Kier alpha value is -3.18. The van der Waals surface area contributed by atoms with Crippen molar-refractivity contribution in [2.75, 3.05) is 11.9 Å². The Balaban J connectivity index is 1.56. The predicted molar refractivity (Wildman–Crippen MR) is 102 cm³/mol. The van der Waals surface area contributed by atoms with Crippen LogP contribution >= 0.6 is 11.6 Å². The molecule has 3 rings (SSSR count). The highest BCUT2D eigenvalue weighted by atomic mass is 35.5. The maximum absolute atomic E-state index is 12.4. The molecule has 1 aromatic carbocycles. The molecule has 8 nitrogen and oxygen atoms in total. The van der Waals surface area contributed by atoms with Crippen molar-refractivity contribution in [1.82, 2.24) is 4.90 Å². The lowest BCUT2D eigenvalue weighted by atomic mass is 9.85. The number of nitriles is 1. The van der Waals surface area contributed by atoms with Gasteiger partial charge in [0.05, 0.1) is 22.4 Å². The number of likely N-dealkylation sites (tertiary alicyclic amines) is 1. The number of rotatable bonds is 5. The van der Waals surface area contributed by atoms with Gasteiger partial charge in [-0.25, -0.2) is 0 Å². The summed E-state index contributed by atoms with van der Waals surface area (Å²) in [5.41, 5.74) is 0.600. The summed E-state index contributed by atoms with van der Waals surface area (Å²) in [7, 11) is 0. The lowest BCUT2D eigenvalue weighted by Gasteiger charge is -2.17. The first kappa shape index (κ1) is 20.6. The first-order valence-electron chi connectivity index (χ1n) is 9.02. The molecular weight excluding hydrogens is 398 g/mol. The van der Waals surface area contributed by atoms with Crippen LogP contribution in [0.4, 0.5) is 5.69 Å². The van der Waals surface area contributed by atoms with Crippen LogP contribution in [0.5, 0.6) is 0 Å². The second kappa shape index (κ2) is 8.45. The van der Waals surface area contributed by atoms with Gasteiger partial charge in [-0.3, -0.25) is 24.1 Å². The summed E-state index contributed by atoms with van der Waals surface area (Å²) in [5, 5.41) is 11.6. The van der Waals surface area contributed by atoms with Crippen molar-refractivity contribution >= 4 is 41.0 Å². The summed E-state index contributed by atoms with van der Waals surface area (Å²) in [4.78, 5) is 50.1. The van der Waals surface area contributed by atoms with E-state index in [-0.39, 0.29) is 22.4 Å². The molecule has 0 bridgehead atoms. The molecule has 0 spiro atoms. The lowest BCUT2D eigenvalue weighted by molar-refractivity contribution is -0.158. The van der Waals surface area contributed by atoms with Crippen LogP contribution in [0, 0.1) is 23.2 Å². The monoisotopic (exact) mass is 415 g/mol. The number of halogens is 1. The number of fused-ring (bicyclic) bond motifs is 1. The van der Waals surface area contributed by atoms with Gasteiger partial charge in [-0.05, 0) is 38.0 Å². The third-order valence-corrected chi connectivity index (χ3v) is 5.23. The average molecular weight is 416 g/mol. The van der Waals surface area contributed by atoms with Gasteiger partial charge >= 0.3 is 5.97 Å². The number of esters is 1. The van der Waals surface area contributed by atoms with Crippen molar-refractivity contribution in [3.63, 3.8) is 0 Å². The molecule has 1 fully saturated rings. The normalized spacial score (nSPS) is 21.3. The summed E-state index contributed by atoms with van der Waals surface area (Å²) in [6.07, 6.45) is 3.51. The van der Waals surface area contributed by atoms with E-state index in [2.05, 4.69) is 5.32 Å². The largest absolute Gasteiger partial charge is 0.451 e. The minimum atomic E-state index is -1.16. The van der Waals surface area contributed by atoms with E-state index in [9.17, 15) is 19.2 Å². The number of anilines is 1. The van der Waals surface area contributed by atoms with E-state index in [4.69, 9.17) is 21.6 Å². The van der Waals surface area contributed by atoms with Crippen LogP contribution in [0.25, 0.3) is 0 Å². The molecule has 2 aliphatic rings. The van der Waals surface area contributed by atoms with Gasteiger partial charge in [-0.15, -0.1) is 0 Å². The van der Waals surface area contributed by atoms with Gasteiger partial charge in [0.2, 0.25) is 11.8 Å². The van der Waals surface area contributed by atoms with Crippen molar-refractivity contribution in [2.24, 2.45) is 11.8 Å². The molecule has 1 aromatic rings. The highest BCUT2D eigenvalue weighted by Crippen LogP contribution is 2.34. The molecule has 0 saturated carbocycles. The van der Waals surface area contributed by atoms with Gasteiger partial charge in [0.25, 0.3) is 5.91 Å². The van der Waals surface area contributed by atoms with Crippen molar-refractivity contribution < 1.29 is 23.9 Å². The van der Waals surface area contributed by atoms with Gasteiger partial charge in [0, 0.05) is 5.69 Å². The Morgan fingerprint density at radius 3 is 2.45 bits per heavy atom. The first-order chi connectivity index (χ1) is 13.8. The van der Waals surface area contributed by atoms with E-state index < -0.39 is 36.4 Å². The molecule has 1 heterocycles. The standard InChI is InChI=1S/C20H18ClN3O5/c1-11(18(26)23-13-7-6-12(9-22)16(21)8-13)29-17(25)10-24-19(27)14-4-2-3-5-15(14)20(24)28/h2-3,6-8,11,14-15H,4-5,10H2,1H3,(H,23,26)/t11-,14-,15+/m1/s1. The third-order valence-electron chi connectivity index (χ3n) is 4.92. The fourth-order valence-corrected chi connectivity index (χ4v) is 3.59. The quantitative estimate of drug-likeness (QED) is 0.446. The van der Waals surface area contributed by atoms with E-state index in [1.165, 1.54) is 25.1 Å². The van der Waals surface area contributed by atoms with Crippen LogP contribution in [0.2, 0.25) is 5.02 Å². The zero-order valence-corrected chi connectivity index (χ0v) is 16.3. The zero-order valence-electron chi connectivity index (χ0n) is 15.6. The summed E-state index contributed by atoms with van der Waals surface area (Å²) in [6, 6.07) is 6.26. The summed E-state index contributed by atoms with van der Waals surface area (Å²) < 4.78 is 5.07. The van der Waals surface area contributed by atoms with Crippen LogP contribution in [0.1, 0.15) is 25.3 Å². The first-order valence-corrected chi connectivity index (χ1v) is 9.39. The molecule has 9 heteroatoms. The number of nitrogens with zero attached hydrogens (tertiary/aromatic N) is 2. The van der Waals surface area contributed by atoms with Crippen LogP contribution in [0.15, 0.2) is 30.4 Å². The van der Waals surface area contributed by atoms with E-state index in [1.807, 2.05) is 18.2 Å². The Kier molecular flexibility index (Phi) is 5.99. The molecule has 1 saturated heterocycles. The number of nitrogens with one attached hydrogen (secondary N) is 1. The minimum absolute atomic E-state index is 0.178. The zero-order chi connectivity index (χ0) is 21.1. The number of amides is 3. The van der Waals surface area contributed by atoms with Crippen molar-refractivity contribution in [2.45, 2.75) is 25.9 Å². The Labute approximate surface area is 172 Å². The molecule has 0 aromatic heterocycles. The smallest absolute Gasteiger partial charge is 0.326 e. The second-order valence-corrected chi connectivity index (χ2v) is 7.25. The second-order valence-electron chi connectivity index (χ2n) is 6.85. The number of imide groups is 1. The van der Waals surface area contributed by atoms with E-state index >= 15 is 0 Å². The van der Waals surface area contributed by atoms with Gasteiger partial charge in [0.1, 0.15) is 12.6 Å². The highest BCUT2D eigenvalue weighted by Gasteiger charge is 2.47. The summed E-state index contributed by atoms with van der Waals surface area (Å²) >= 11 is 5.92. The number of benzene rings is 1. The van der Waals surface area contributed by atoms with Gasteiger partial charge < -0.3 is 10.1 Å². The lowest BCUT2D eigenvalue weighted by Crippen LogP contribution is -2.39. The number of allylic oxidation sites excluding steroid dienone is 2. The molecule has 3 atom stereocenters. The number of hydrogen-bond donors (Lipinski definition) is 1.